The van der Waals surface area contributed by atoms with E-state index in [1.54, 1.807) is 24.3 Å². The van der Waals surface area contributed by atoms with E-state index in [2.05, 4.69) is 4.74 Å². The normalized spacial score (nSPS) is 17.9. The fourth-order valence-corrected chi connectivity index (χ4v) is 4.10. The van der Waals surface area contributed by atoms with Crippen LogP contribution >= 0.6 is 11.6 Å². The van der Waals surface area contributed by atoms with Crippen LogP contribution in [0, 0.1) is 5.82 Å². The number of hydrogen-bond acceptors (Lipinski definition) is 4. The summed E-state index contributed by atoms with van der Waals surface area (Å²) in [6.07, 6.45) is -2.97. The molecule has 0 saturated carbocycles. The van der Waals surface area contributed by atoms with E-state index in [9.17, 15) is 27.5 Å². The first-order valence-electron chi connectivity index (χ1n) is 9.82. The largest absolute Gasteiger partial charge is 0.573 e. The zero-order valence-electron chi connectivity index (χ0n) is 16.5. The average molecular weight is 460 g/mol. The lowest BCUT2D eigenvalue weighted by molar-refractivity contribution is -0.275. The van der Waals surface area contributed by atoms with Gasteiger partial charge in [0.2, 0.25) is 0 Å². The Morgan fingerprint density at radius 1 is 1.16 bits per heavy atom. The van der Waals surface area contributed by atoms with Crippen LogP contribution in [0.3, 0.4) is 0 Å². The Labute approximate surface area is 182 Å². The van der Waals surface area contributed by atoms with Crippen molar-refractivity contribution in [2.24, 2.45) is 0 Å². The molecule has 0 amide bonds. The van der Waals surface area contributed by atoms with Crippen LogP contribution in [-0.4, -0.2) is 35.7 Å². The number of aliphatic hydroxyl groups is 1. The zero-order chi connectivity index (χ0) is 22.6. The zero-order valence-corrected chi connectivity index (χ0v) is 17.3. The minimum Gasteiger partial charge on any atom is -0.403 e. The van der Waals surface area contributed by atoms with Gasteiger partial charge in [-0.1, -0.05) is 29.8 Å². The maximum atomic E-state index is 13.8. The number of halogens is 5. The van der Waals surface area contributed by atoms with Gasteiger partial charge in [0.1, 0.15) is 6.29 Å². The van der Waals surface area contributed by atoms with Gasteiger partial charge in [0.25, 0.3) is 0 Å². The second-order valence-electron chi connectivity index (χ2n) is 7.57. The number of benzene rings is 2. The van der Waals surface area contributed by atoms with Crippen LogP contribution in [0.15, 0.2) is 42.5 Å². The summed E-state index contributed by atoms with van der Waals surface area (Å²) in [6, 6.07) is 9.87. The molecule has 0 bridgehead atoms. The highest BCUT2D eigenvalue weighted by Gasteiger charge is 2.37. The van der Waals surface area contributed by atoms with Crippen molar-refractivity contribution in [3.63, 3.8) is 0 Å². The molecule has 2 aromatic carbocycles. The van der Waals surface area contributed by atoms with E-state index in [1.807, 2.05) is 4.90 Å². The second-order valence-corrected chi connectivity index (χ2v) is 8.01. The van der Waals surface area contributed by atoms with Crippen molar-refractivity contribution < 1.29 is 32.2 Å². The molecule has 0 spiro atoms. The van der Waals surface area contributed by atoms with Crippen molar-refractivity contribution in [2.75, 3.05) is 13.1 Å². The Bertz CT molecular complexity index is 897. The Kier molecular flexibility index (Phi) is 7.24. The van der Waals surface area contributed by atoms with Crippen molar-refractivity contribution >= 4 is 17.9 Å². The number of aldehydes is 1. The first-order chi connectivity index (χ1) is 14.6. The first-order valence-corrected chi connectivity index (χ1v) is 10.2. The van der Waals surface area contributed by atoms with Gasteiger partial charge in [0, 0.05) is 30.6 Å². The molecule has 4 nitrogen and oxygen atoms in total. The molecule has 0 radical (unpaired) electrons. The summed E-state index contributed by atoms with van der Waals surface area (Å²) in [5.74, 6) is -2.03. The predicted molar refractivity (Wildman–Crippen MR) is 107 cm³/mol. The summed E-state index contributed by atoms with van der Waals surface area (Å²) >= 11 is 5.92. The van der Waals surface area contributed by atoms with Crippen LogP contribution < -0.4 is 4.74 Å². The summed E-state index contributed by atoms with van der Waals surface area (Å²) in [6.45, 7) is 0.880. The Morgan fingerprint density at radius 3 is 2.39 bits per heavy atom. The summed E-state index contributed by atoms with van der Waals surface area (Å²) in [4.78, 5) is 12.9. The molecule has 3 rings (SSSR count). The van der Waals surface area contributed by atoms with Crippen molar-refractivity contribution in [1.82, 2.24) is 4.90 Å². The van der Waals surface area contributed by atoms with Crippen LogP contribution in [0.4, 0.5) is 17.6 Å². The van der Waals surface area contributed by atoms with Gasteiger partial charge in [0.15, 0.2) is 11.6 Å². The molecule has 1 aliphatic rings. The van der Waals surface area contributed by atoms with Gasteiger partial charge in [-0.05, 0) is 54.7 Å². The summed E-state index contributed by atoms with van der Waals surface area (Å²) < 4.78 is 55.4. The lowest BCUT2D eigenvalue weighted by Gasteiger charge is -2.42. The Balaban J connectivity index is 1.80. The van der Waals surface area contributed by atoms with Gasteiger partial charge in [0.05, 0.1) is 5.60 Å². The maximum Gasteiger partial charge on any atom is 0.573 e. The number of carbonyl (C=O) groups is 1. The molecule has 168 valence electrons. The number of ether oxygens (including phenoxy) is 1. The molecule has 31 heavy (non-hydrogen) atoms. The minimum absolute atomic E-state index is 0.190. The highest BCUT2D eigenvalue weighted by molar-refractivity contribution is 6.30. The average Bonchev–Trinajstić information content (AvgIpc) is 2.71. The molecule has 1 fully saturated rings. The third-order valence-corrected chi connectivity index (χ3v) is 5.82. The van der Waals surface area contributed by atoms with Crippen molar-refractivity contribution in [2.45, 2.75) is 43.7 Å². The number of piperidine rings is 1. The number of rotatable bonds is 7. The van der Waals surface area contributed by atoms with E-state index >= 15 is 0 Å². The molecule has 1 unspecified atom stereocenters. The van der Waals surface area contributed by atoms with E-state index in [4.69, 9.17) is 11.6 Å². The third-order valence-electron chi connectivity index (χ3n) is 5.57. The molecule has 1 heterocycles. The van der Waals surface area contributed by atoms with Gasteiger partial charge >= 0.3 is 6.36 Å². The molecule has 0 aliphatic carbocycles. The number of hydrogen-bond donors (Lipinski definition) is 1. The SMILES string of the molecule is O=CCCC(c1ccc(F)c(OC(F)(F)F)c1)N1CCC(O)(c2ccc(Cl)cc2)CC1. The molecule has 1 N–H and O–H groups in total. The molecular weight excluding hydrogens is 438 g/mol. The Hall–Kier alpha value is -2.16. The summed E-state index contributed by atoms with van der Waals surface area (Å²) in [7, 11) is 0. The first kappa shape index (κ1) is 23.5. The molecule has 1 aliphatic heterocycles. The summed E-state index contributed by atoms with van der Waals surface area (Å²) in [5, 5.41) is 11.6. The van der Waals surface area contributed by atoms with Crippen LogP contribution in [0.5, 0.6) is 5.75 Å². The van der Waals surface area contributed by atoms with E-state index < -0.39 is 29.6 Å². The van der Waals surface area contributed by atoms with E-state index in [0.29, 0.717) is 42.9 Å². The molecule has 1 saturated heterocycles. The van der Waals surface area contributed by atoms with E-state index in [1.165, 1.54) is 6.07 Å². The Morgan fingerprint density at radius 2 is 1.81 bits per heavy atom. The van der Waals surface area contributed by atoms with Crippen molar-refractivity contribution in [3.05, 3.63) is 64.4 Å². The molecule has 0 aromatic heterocycles. The second kappa shape index (κ2) is 9.54. The quantitative estimate of drug-likeness (QED) is 0.446. The van der Waals surface area contributed by atoms with Crippen molar-refractivity contribution in [1.29, 1.82) is 0 Å². The molecule has 9 heteroatoms. The highest BCUT2D eigenvalue weighted by atomic mass is 35.5. The van der Waals surface area contributed by atoms with Gasteiger partial charge in [-0.3, -0.25) is 4.90 Å². The predicted octanol–water partition coefficient (Wildman–Crippen LogP) is 5.38. The molecule has 2 aromatic rings. The van der Waals surface area contributed by atoms with Crippen molar-refractivity contribution in [3.8, 4) is 5.75 Å². The van der Waals surface area contributed by atoms with Gasteiger partial charge in [-0.2, -0.15) is 0 Å². The molecule has 1 atom stereocenters. The van der Waals surface area contributed by atoms with Crippen LogP contribution in [-0.2, 0) is 10.4 Å². The number of carbonyl (C=O) groups excluding carboxylic acids is 1. The standard InChI is InChI=1S/C22H22ClF4NO3/c23-17-6-4-16(5-7-17)21(30)9-11-28(12-10-21)19(2-1-13-29)15-3-8-18(24)20(14-15)31-22(25,26)27/h3-8,13-14,19,30H,1-2,9-12H2. The van der Waals surface area contributed by atoms with E-state index in [0.717, 1.165) is 24.0 Å². The van der Waals surface area contributed by atoms with Gasteiger partial charge in [-0.25, -0.2) is 4.39 Å². The van der Waals surface area contributed by atoms with E-state index in [-0.39, 0.29) is 6.42 Å². The fourth-order valence-electron chi connectivity index (χ4n) is 3.97. The fraction of sp³-hybridized carbons (Fsp3) is 0.409. The minimum atomic E-state index is -5.02. The van der Waals surface area contributed by atoms with Crippen LogP contribution in [0.1, 0.15) is 42.9 Å². The third kappa shape index (κ3) is 5.96. The monoisotopic (exact) mass is 459 g/mol. The smallest absolute Gasteiger partial charge is 0.403 e. The molecular formula is C22H22ClF4NO3. The number of nitrogens with zero attached hydrogens (tertiary/aromatic N) is 1. The number of likely N-dealkylation sites (tertiary alicyclic amines) is 1. The summed E-state index contributed by atoms with van der Waals surface area (Å²) in [5.41, 5.74) is 0.104. The van der Waals surface area contributed by atoms with Gasteiger partial charge in [-0.15, -0.1) is 13.2 Å². The lowest BCUT2D eigenvalue weighted by Crippen LogP contribution is -2.44. The van der Waals surface area contributed by atoms with Crippen LogP contribution in [0.2, 0.25) is 5.02 Å². The maximum absolute atomic E-state index is 13.8. The van der Waals surface area contributed by atoms with Crippen LogP contribution in [0.25, 0.3) is 0 Å². The van der Waals surface area contributed by atoms with Gasteiger partial charge < -0.3 is 14.6 Å². The lowest BCUT2D eigenvalue weighted by atomic mass is 9.83. The number of alkyl halides is 3. The topological polar surface area (TPSA) is 49.8 Å². The highest BCUT2D eigenvalue weighted by Crippen LogP contribution is 2.38.